The molecule has 6 aliphatic rings. The Morgan fingerprint density at radius 3 is 1.73 bits per heavy atom. The summed E-state index contributed by atoms with van der Waals surface area (Å²) in [5.41, 5.74) is 0.210. The summed E-state index contributed by atoms with van der Waals surface area (Å²) in [6.07, 6.45) is 0. The fraction of sp³-hybridized carbons (Fsp3) is 1.00. The summed E-state index contributed by atoms with van der Waals surface area (Å²) in [5, 5.41) is 19.2. The van der Waals surface area contributed by atoms with Gasteiger partial charge in [0.2, 0.25) is 0 Å². The van der Waals surface area contributed by atoms with E-state index < -0.39 is 0 Å². The van der Waals surface area contributed by atoms with E-state index in [1.54, 1.807) is 0 Å². The van der Waals surface area contributed by atoms with Gasteiger partial charge >= 0.3 is 0 Å². The molecule has 6 aliphatic carbocycles. The van der Waals surface area contributed by atoms with Crippen LogP contribution in [0.4, 0.5) is 0 Å². The molecule has 2 heteroatoms. The zero-order valence-electron chi connectivity index (χ0n) is 6.07. The fourth-order valence-electron chi connectivity index (χ4n) is 6.01. The van der Waals surface area contributed by atoms with Gasteiger partial charge in [-0.05, 0) is 35.5 Å². The Hall–Kier alpha value is -0.0800. The molecule has 0 bridgehead atoms. The van der Waals surface area contributed by atoms with Gasteiger partial charge in [0.1, 0.15) is 0 Å². The quantitative estimate of drug-likeness (QED) is 0.527. The predicted molar refractivity (Wildman–Crippen MR) is 35.4 cm³/mol. The van der Waals surface area contributed by atoms with Gasteiger partial charge in [-0.25, -0.2) is 0 Å². The summed E-state index contributed by atoms with van der Waals surface area (Å²) in [7, 11) is 0. The molecular weight excluding hydrogens is 140 g/mol. The van der Waals surface area contributed by atoms with Crippen LogP contribution in [0.25, 0.3) is 0 Å². The van der Waals surface area contributed by atoms with Gasteiger partial charge in [0.05, 0.1) is 5.60 Å². The van der Waals surface area contributed by atoms with Crippen LogP contribution in [-0.2, 0) is 0 Å². The van der Waals surface area contributed by atoms with Crippen molar-refractivity contribution in [3.63, 3.8) is 0 Å². The number of hydrogen-bond donors (Lipinski definition) is 2. The normalized spacial score (nSPS) is 95.5. The first-order valence-electron chi connectivity index (χ1n) is 4.63. The standard InChI is InChI=1S/C9H10O2/c10-1-8-2-5-3(8)7-4(8)6(2)9(5,7)11/h2-7,10-11H,1H2. The van der Waals surface area contributed by atoms with Crippen LogP contribution in [0.3, 0.4) is 0 Å². The van der Waals surface area contributed by atoms with Crippen molar-refractivity contribution in [3.8, 4) is 0 Å². The van der Waals surface area contributed by atoms with Crippen LogP contribution in [0.15, 0.2) is 0 Å². The molecule has 11 heavy (non-hydrogen) atoms. The van der Waals surface area contributed by atoms with Crippen LogP contribution >= 0.6 is 0 Å². The van der Waals surface area contributed by atoms with Crippen molar-refractivity contribution in [2.75, 3.05) is 6.61 Å². The molecule has 0 atom stereocenters. The van der Waals surface area contributed by atoms with Crippen LogP contribution in [0.2, 0.25) is 0 Å². The molecule has 0 amide bonds. The van der Waals surface area contributed by atoms with Crippen LogP contribution < -0.4 is 0 Å². The average Bonchev–Trinajstić information content (AvgIpc) is 2.06. The third-order valence-electron chi connectivity index (χ3n) is 6.06. The first-order valence-corrected chi connectivity index (χ1v) is 4.63. The Balaban J connectivity index is 1.76. The average molecular weight is 150 g/mol. The van der Waals surface area contributed by atoms with Gasteiger partial charge in [-0.1, -0.05) is 0 Å². The number of rotatable bonds is 1. The highest BCUT2D eigenvalue weighted by Crippen LogP contribution is 3.06. The molecule has 0 radical (unpaired) electrons. The van der Waals surface area contributed by atoms with E-state index in [1.807, 2.05) is 0 Å². The van der Waals surface area contributed by atoms with E-state index in [1.165, 1.54) is 0 Å². The number of aliphatic hydroxyl groups excluding tert-OH is 1. The minimum absolute atomic E-state index is 0.170. The van der Waals surface area contributed by atoms with E-state index in [0.717, 1.165) is 17.8 Å². The molecule has 6 rings (SSSR count). The second kappa shape index (κ2) is 0.826. The SMILES string of the molecule is OCC12C3C4C1C1C2C3C41O. The lowest BCUT2D eigenvalue weighted by Crippen LogP contribution is -3.13. The molecule has 0 spiro atoms. The van der Waals surface area contributed by atoms with Crippen LogP contribution in [0.1, 0.15) is 0 Å². The summed E-state index contributed by atoms with van der Waals surface area (Å²) in [5.74, 6) is 4.23. The molecule has 2 nitrogen and oxygen atoms in total. The zero-order chi connectivity index (χ0) is 7.17. The maximum atomic E-state index is 9.93. The Morgan fingerprint density at radius 1 is 0.909 bits per heavy atom. The van der Waals surface area contributed by atoms with Crippen molar-refractivity contribution in [1.29, 1.82) is 0 Å². The first-order chi connectivity index (χ1) is 5.29. The summed E-state index contributed by atoms with van der Waals surface area (Å²) < 4.78 is 0. The van der Waals surface area contributed by atoms with Crippen molar-refractivity contribution in [3.05, 3.63) is 0 Å². The largest absolute Gasteiger partial charge is 0.396 e. The lowest BCUT2D eigenvalue weighted by Gasteiger charge is -3.09. The van der Waals surface area contributed by atoms with Gasteiger partial charge in [0, 0.05) is 12.0 Å². The molecule has 58 valence electrons. The molecule has 0 aromatic carbocycles. The van der Waals surface area contributed by atoms with Crippen molar-refractivity contribution >= 4 is 0 Å². The zero-order valence-corrected chi connectivity index (χ0v) is 6.07. The second-order valence-corrected chi connectivity index (χ2v) is 5.31. The third-order valence-corrected chi connectivity index (χ3v) is 6.06. The molecule has 0 unspecified atom stereocenters. The van der Waals surface area contributed by atoms with Crippen molar-refractivity contribution in [2.24, 2.45) is 40.9 Å². The molecule has 0 aliphatic heterocycles. The van der Waals surface area contributed by atoms with E-state index in [9.17, 15) is 10.2 Å². The van der Waals surface area contributed by atoms with Gasteiger partial charge in [-0.3, -0.25) is 0 Å². The van der Waals surface area contributed by atoms with E-state index in [4.69, 9.17) is 0 Å². The Bertz CT molecular complexity index is 255. The van der Waals surface area contributed by atoms with Gasteiger partial charge in [-0.15, -0.1) is 0 Å². The Morgan fingerprint density at radius 2 is 1.36 bits per heavy atom. The summed E-state index contributed by atoms with van der Waals surface area (Å²) in [4.78, 5) is 0. The first kappa shape index (κ1) is 4.83. The molecule has 6 fully saturated rings. The van der Waals surface area contributed by atoms with Crippen LogP contribution in [0, 0.1) is 40.9 Å². The lowest BCUT2D eigenvalue weighted by atomic mass is 8.95. The number of hydrogen-bond acceptors (Lipinski definition) is 2. The van der Waals surface area contributed by atoms with Gasteiger partial charge in [-0.2, -0.15) is 0 Å². The van der Waals surface area contributed by atoms with Crippen LogP contribution in [0.5, 0.6) is 0 Å². The van der Waals surface area contributed by atoms with E-state index in [2.05, 4.69) is 0 Å². The summed E-state index contributed by atoms with van der Waals surface area (Å²) in [6, 6.07) is 0. The molecular formula is C9H10O2. The minimum atomic E-state index is -0.170. The highest BCUT2D eigenvalue weighted by molar-refractivity contribution is 5.56. The van der Waals surface area contributed by atoms with Crippen LogP contribution in [-0.4, -0.2) is 22.4 Å². The Kier molecular flexibility index (Phi) is 0.362. The maximum absolute atomic E-state index is 9.93. The van der Waals surface area contributed by atoms with Crippen molar-refractivity contribution in [1.82, 2.24) is 0 Å². The smallest absolute Gasteiger partial charge is 0.0749 e. The fourth-order valence-corrected chi connectivity index (χ4v) is 6.01. The van der Waals surface area contributed by atoms with E-state index in [0.29, 0.717) is 29.8 Å². The molecule has 0 aromatic rings. The second-order valence-electron chi connectivity index (χ2n) is 5.31. The highest BCUT2D eigenvalue weighted by atomic mass is 16.3. The number of aliphatic hydroxyl groups is 2. The molecule has 0 heterocycles. The van der Waals surface area contributed by atoms with E-state index >= 15 is 0 Å². The van der Waals surface area contributed by atoms with Gasteiger partial charge in [0.15, 0.2) is 0 Å². The third kappa shape index (κ3) is 0.157. The molecule has 0 aromatic heterocycles. The highest BCUT2D eigenvalue weighted by Gasteiger charge is 3.09. The topological polar surface area (TPSA) is 40.5 Å². The van der Waals surface area contributed by atoms with E-state index in [-0.39, 0.29) is 5.60 Å². The van der Waals surface area contributed by atoms with Gasteiger partial charge < -0.3 is 10.2 Å². The molecule has 0 saturated heterocycles. The molecule has 2 N–H and O–H groups in total. The van der Waals surface area contributed by atoms with Gasteiger partial charge in [0.25, 0.3) is 0 Å². The maximum Gasteiger partial charge on any atom is 0.0749 e. The van der Waals surface area contributed by atoms with Crippen molar-refractivity contribution in [2.45, 2.75) is 5.60 Å². The summed E-state index contributed by atoms with van der Waals surface area (Å²) in [6.45, 7) is 0.409. The minimum Gasteiger partial charge on any atom is -0.396 e. The van der Waals surface area contributed by atoms with Crippen molar-refractivity contribution < 1.29 is 10.2 Å². The summed E-state index contributed by atoms with van der Waals surface area (Å²) >= 11 is 0. The monoisotopic (exact) mass is 150 g/mol. The molecule has 6 saturated carbocycles. The lowest BCUT2D eigenvalue weighted by molar-refractivity contribution is -0.664. The Labute approximate surface area is 64.2 Å². The predicted octanol–water partition coefficient (Wildman–Crippen LogP) is -0.539.